The lowest BCUT2D eigenvalue weighted by Crippen LogP contribution is -2.38. The second kappa shape index (κ2) is 5.80. The van der Waals surface area contributed by atoms with Gasteiger partial charge in [-0.05, 0) is 30.2 Å². The summed E-state index contributed by atoms with van der Waals surface area (Å²) < 4.78 is 0. The lowest BCUT2D eigenvalue weighted by molar-refractivity contribution is 0.0927. The van der Waals surface area contributed by atoms with Crippen molar-refractivity contribution in [1.82, 2.24) is 10.3 Å². The van der Waals surface area contributed by atoms with Gasteiger partial charge in [-0.1, -0.05) is 30.7 Å². The van der Waals surface area contributed by atoms with Crippen molar-refractivity contribution in [1.29, 1.82) is 0 Å². The fraction of sp³-hybridized carbons (Fsp3) is 0.375. The zero-order valence-electron chi connectivity index (χ0n) is 11.2. The summed E-state index contributed by atoms with van der Waals surface area (Å²) in [5.41, 5.74) is 0.503. The first-order valence-electron chi connectivity index (χ1n) is 7.00. The molecule has 0 radical (unpaired) electrons. The Bertz CT molecular complexity index is 623. The second-order valence-electron chi connectivity index (χ2n) is 5.31. The molecule has 1 N–H and O–H groups in total. The molecule has 0 spiro atoms. The zero-order chi connectivity index (χ0) is 13.9. The molecular weight excluding hydrogens is 272 g/mol. The van der Waals surface area contributed by atoms with Crippen molar-refractivity contribution in [2.24, 2.45) is 5.92 Å². The van der Waals surface area contributed by atoms with Crippen LogP contribution in [0.1, 0.15) is 29.8 Å². The van der Waals surface area contributed by atoms with Gasteiger partial charge >= 0.3 is 0 Å². The number of alkyl halides is 1. The molecule has 3 rings (SSSR count). The fourth-order valence-corrected chi connectivity index (χ4v) is 3.32. The van der Waals surface area contributed by atoms with Gasteiger partial charge in [-0.25, -0.2) is 0 Å². The third-order valence-electron chi connectivity index (χ3n) is 4.06. The topological polar surface area (TPSA) is 42.0 Å². The van der Waals surface area contributed by atoms with E-state index in [9.17, 15) is 4.79 Å². The molecular formula is C16H17ClN2O. The number of pyridine rings is 1. The third-order valence-corrected chi connectivity index (χ3v) is 4.46. The van der Waals surface area contributed by atoms with E-state index < -0.39 is 0 Å². The maximum absolute atomic E-state index is 12.5. The summed E-state index contributed by atoms with van der Waals surface area (Å²) in [7, 11) is 0. The van der Waals surface area contributed by atoms with Crippen molar-refractivity contribution in [3.63, 3.8) is 0 Å². The maximum Gasteiger partial charge on any atom is 0.270 e. The Labute approximate surface area is 123 Å². The smallest absolute Gasteiger partial charge is 0.270 e. The molecule has 1 saturated carbocycles. The lowest BCUT2D eigenvalue weighted by Gasteiger charge is -2.19. The van der Waals surface area contributed by atoms with Gasteiger partial charge in [0.1, 0.15) is 5.69 Å². The van der Waals surface area contributed by atoms with Gasteiger partial charge in [0.05, 0.1) is 0 Å². The SMILES string of the molecule is O=C(NC1CCCC1CCl)c1nccc2ccccc12. The Morgan fingerprint density at radius 1 is 1.30 bits per heavy atom. The minimum absolute atomic E-state index is 0.0937. The molecule has 1 aromatic carbocycles. The average molecular weight is 289 g/mol. The van der Waals surface area contributed by atoms with E-state index in [4.69, 9.17) is 11.6 Å². The number of aromatic nitrogens is 1. The summed E-state index contributed by atoms with van der Waals surface area (Å²) in [5, 5.41) is 5.03. The number of halogens is 1. The van der Waals surface area contributed by atoms with E-state index >= 15 is 0 Å². The molecule has 0 aliphatic heterocycles. The van der Waals surface area contributed by atoms with Gasteiger partial charge in [0.25, 0.3) is 5.91 Å². The Morgan fingerprint density at radius 2 is 2.15 bits per heavy atom. The van der Waals surface area contributed by atoms with E-state index in [1.54, 1.807) is 6.20 Å². The molecule has 2 unspecified atom stereocenters. The van der Waals surface area contributed by atoms with Crippen molar-refractivity contribution in [3.05, 3.63) is 42.2 Å². The lowest BCUT2D eigenvalue weighted by atomic mass is 10.1. The van der Waals surface area contributed by atoms with Crippen molar-refractivity contribution in [2.75, 3.05) is 5.88 Å². The van der Waals surface area contributed by atoms with Crippen LogP contribution in [0.4, 0.5) is 0 Å². The van der Waals surface area contributed by atoms with Crippen LogP contribution in [0.25, 0.3) is 10.8 Å². The van der Waals surface area contributed by atoms with Gasteiger partial charge in [0.15, 0.2) is 0 Å². The van der Waals surface area contributed by atoms with E-state index in [1.807, 2.05) is 30.3 Å². The number of carbonyl (C=O) groups excluding carboxylic acids is 1. The highest BCUT2D eigenvalue weighted by atomic mass is 35.5. The Kier molecular flexibility index (Phi) is 3.88. The monoisotopic (exact) mass is 288 g/mol. The number of amides is 1. The number of rotatable bonds is 3. The van der Waals surface area contributed by atoms with Gasteiger partial charge in [-0.3, -0.25) is 9.78 Å². The van der Waals surface area contributed by atoms with E-state index in [0.29, 0.717) is 17.5 Å². The number of hydrogen-bond donors (Lipinski definition) is 1. The number of carbonyl (C=O) groups is 1. The molecule has 1 heterocycles. The third kappa shape index (κ3) is 2.50. The van der Waals surface area contributed by atoms with E-state index in [0.717, 1.165) is 30.0 Å². The Balaban J connectivity index is 1.86. The minimum Gasteiger partial charge on any atom is -0.348 e. The van der Waals surface area contributed by atoms with Crippen LogP contribution >= 0.6 is 11.6 Å². The predicted molar refractivity (Wildman–Crippen MR) is 81.1 cm³/mol. The first-order valence-corrected chi connectivity index (χ1v) is 7.53. The van der Waals surface area contributed by atoms with Crippen molar-refractivity contribution >= 4 is 28.3 Å². The number of benzene rings is 1. The molecule has 1 fully saturated rings. The number of fused-ring (bicyclic) bond motifs is 1. The molecule has 1 amide bonds. The van der Waals surface area contributed by atoms with Crippen LogP contribution in [-0.2, 0) is 0 Å². The summed E-state index contributed by atoms with van der Waals surface area (Å²) in [5.74, 6) is 0.896. The molecule has 2 aromatic rings. The van der Waals surface area contributed by atoms with Gasteiger partial charge in [0.2, 0.25) is 0 Å². The number of nitrogens with zero attached hydrogens (tertiary/aromatic N) is 1. The highest BCUT2D eigenvalue weighted by Crippen LogP contribution is 2.27. The standard InChI is InChI=1S/C16H17ClN2O/c17-10-12-5-3-7-14(12)19-16(20)15-13-6-2-1-4-11(13)8-9-18-15/h1-2,4,6,8-9,12,14H,3,5,7,10H2,(H,19,20). The normalized spacial score (nSPS) is 22.1. The summed E-state index contributed by atoms with van der Waals surface area (Å²) in [6, 6.07) is 9.92. The van der Waals surface area contributed by atoms with E-state index in [-0.39, 0.29) is 11.9 Å². The van der Waals surface area contributed by atoms with Crippen molar-refractivity contribution < 1.29 is 4.79 Å². The summed E-state index contributed by atoms with van der Waals surface area (Å²) in [6.07, 6.45) is 4.92. The van der Waals surface area contributed by atoms with Crippen molar-refractivity contribution in [3.8, 4) is 0 Å². The first-order chi connectivity index (χ1) is 9.79. The Morgan fingerprint density at radius 3 is 3.00 bits per heavy atom. The van der Waals surface area contributed by atoms with Crippen LogP contribution in [-0.4, -0.2) is 22.8 Å². The average Bonchev–Trinajstić information content (AvgIpc) is 2.93. The summed E-state index contributed by atoms with van der Waals surface area (Å²) >= 11 is 5.96. The molecule has 1 aliphatic rings. The van der Waals surface area contributed by atoms with Crippen LogP contribution in [0.15, 0.2) is 36.5 Å². The van der Waals surface area contributed by atoms with Crippen LogP contribution in [0, 0.1) is 5.92 Å². The first kappa shape index (κ1) is 13.4. The van der Waals surface area contributed by atoms with Crippen LogP contribution < -0.4 is 5.32 Å². The fourth-order valence-electron chi connectivity index (χ4n) is 2.95. The van der Waals surface area contributed by atoms with Crippen LogP contribution in [0.2, 0.25) is 0 Å². The molecule has 104 valence electrons. The Hall–Kier alpha value is -1.61. The van der Waals surface area contributed by atoms with Gasteiger partial charge in [-0.15, -0.1) is 11.6 Å². The molecule has 2 atom stereocenters. The minimum atomic E-state index is -0.0937. The molecule has 0 bridgehead atoms. The van der Waals surface area contributed by atoms with E-state index in [1.165, 1.54) is 0 Å². The van der Waals surface area contributed by atoms with Gasteiger partial charge in [-0.2, -0.15) is 0 Å². The van der Waals surface area contributed by atoms with Gasteiger partial charge in [0, 0.05) is 23.5 Å². The van der Waals surface area contributed by atoms with Crippen molar-refractivity contribution in [2.45, 2.75) is 25.3 Å². The highest BCUT2D eigenvalue weighted by molar-refractivity contribution is 6.18. The maximum atomic E-state index is 12.5. The van der Waals surface area contributed by atoms with E-state index in [2.05, 4.69) is 10.3 Å². The van der Waals surface area contributed by atoms with Gasteiger partial charge < -0.3 is 5.32 Å². The summed E-state index contributed by atoms with van der Waals surface area (Å²) in [6.45, 7) is 0. The quantitative estimate of drug-likeness (QED) is 0.880. The van der Waals surface area contributed by atoms with Crippen LogP contribution in [0.3, 0.4) is 0 Å². The molecule has 3 nitrogen and oxygen atoms in total. The zero-order valence-corrected chi connectivity index (χ0v) is 11.9. The molecule has 4 heteroatoms. The molecule has 20 heavy (non-hydrogen) atoms. The van der Waals surface area contributed by atoms with Crippen LogP contribution in [0.5, 0.6) is 0 Å². The molecule has 1 aliphatic carbocycles. The second-order valence-corrected chi connectivity index (χ2v) is 5.61. The number of nitrogens with one attached hydrogen (secondary N) is 1. The predicted octanol–water partition coefficient (Wildman–Crippen LogP) is 3.37. The number of hydrogen-bond acceptors (Lipinski definition) is 2. The molecule has 1 aromatic heterocycles. The largest absolute Gasteiger partial charge is 0.348 e. The highest BCUT2D eigenvalue weighted by Gasteiger charge is 2.28. The molecule has 0 saturated heterocycles. The summed E-state index contributed by atoms with van der Waals surface area (Å²) in [4.78, 5) is 16.7.